The van der Waals surface area contributed by atoms with Gasteiger partial charge in [-0.05, 0) is 32.1 Å². The first kappa shape index (κ1) is 14.4. The molecule has 1 saturated heterocycles. The Labute approximate surface area is 115 Å². The van der Waals surface area contributed by atoms with Crippen LogP contribution < -0.4 is 5.32 Å². The molecule has 2 unspecified atom stereocenters. The van der Waals surface area contributed by atoms with Crippen molar-refractivity contribution >= 4 is 11.8 Å². The van der Waals surface area contributed by atoms with Crippen LogP contribution in [0.25, 0.3) is 0 Å². The van der Waals surface area contributed by atoms with E-state index >= 15 is 0 Å². The van der Waals surface area contributed by atoms with Gasteiger partial charge in [-0.2, -0.15) is 0 Å². The van der Waals surface area contributed by atoms with E-state index in [1.165, 1.54) is 25.7 Å². The summed E-state index contributed by atoms with van der Waals surface area (Å²) in [5, 5.41) is 2.87. The number of amides is 2. The minimum absolute atomic E-state index is 0.0212. The molecule has 1 aliphatic carbocycles. The Hall–Kier alpha value is -1.06. The number of carbonyl (C=O) groups is 2. The monoisotopic (exact) mass is 266 g/mol. The lowest BCUT2D eigenvalue weighted by Gasteiger charge is -2.33. The van der Waals surface area contributed by atoms with E-state index in [9.17, 15) is 9.59 Å². The molecule has 2 fully saturated rings. The van der Waals surface area contributed by atoms with Gasteiger partial charge in [0.25, 0.3) is 0 Å². The van der Waals surface area contributed by atoms with Crippen LogP contribution in [0.3, 0.4) is 0 Å². The molecule has 19 heavy (non-hydrogen) atoms. The van der Waals surface area contributed by atoms with E-state index in [-0.39, 0.29) is 23.9 Å². The number of hydrogen-bond acceptors (Lipinski definition) is 2. The first-order chi connectivity index (χ1) is 9.13. The molecular formula is C15H26N2O2. The predicted molar refractivity (Wildman–Crippen MR) is 74.6 cm³/mol. The average molecular weight is 266 g/mol. The van der Waals surface area contributed by atoms with E-state index in [0.29, 0.717) is 18.9 Å². The summed E-state index contributed by atoms with van der Waals surface area (Å²) >= 11 is 0. The summed E-state index contributed by atoms with van der Waals surface area (Å²) in [7, 11) is 0. The number of nitrogens with zero attached hydrogens (tertiary/aromatic N) is 1. The smallest absolute Gasteiger partial charge is 0.245 e. The van der Waals surface area contributed by atoms with Crippen LogP contribution in [0.5, 0.6) is 0 Å². The lowest BCUT2D eigenvalue weighted by atomic mass is 9.97. The molecule has 2 atom stereocenters. The van der Waals surface area contributed by atoms with Gasteiger partial charge in [-0.15, -0.1) is 0 Å². The summed E-state index contributed by atoms with van der Waals surface area (Å²) in [6.45, 7) is 4.80. The number of hydrogen-bond donors (Lipinski definition) is 1. The van der Waals surface area contributed by atoms with E-state index in [0.717, 1.165) is 12.8 Å². The Morgan fingerprint density at radius 1 is 1.32 bits per heavy atom. The van der Waals surface area contributed by atoms with Gasteiger partial charge in [0.1, 0.15) is 6.04 Å². The van der Waals surface area contributed by atoms with Crippen LogP contribution in [0.15, 0.2) is 0 Å². The van der Waals surface area contributed by atoms with Gasteiger partial charge in [0.2, 0.25) is 11.8 Å². The van der Waals surface area contributed by atoms with Crippen molar-refractivity contribution in [3.63, 3.8) is 0 Å². The van der Waals surface area contributed by atoms with Gasteiger partial charge in [0.15, 0.2) is 0 Å². The van der Waals surface area contributed by atoms with Crippen LogP contribution in [-0.4, -0.2) is 35.3 Å². The number of nitrogens with one attached hydrogen (secondary N) is 1. The molecule has 0 aromatic carbocycles. The van der Waals surface area contributed by atoms with Crippen molar-refractivity contribution in [2.75, 3.05) is 6.54 Å². The quantitative estimate of drug-likeness (QED) is 0.847. The van der Waals surface area contributed by atoms with Gasteiger partial charge >= 0.3 is 0 Å². The second-order valence-corrected chi connectivity index (χ2v) is 5.98. The highest BCUT2D eigenvalue weighted by Crippen LogP contribution is 2.31. The summed E-state index contributed by atoms with van der Waals surface area (Å²) in [5.74, 6) is 0.777. The first-order valence-electron chi connectivity index (χ1n) is 7.73. The van der Waals surface area contributed by atoms with Crippen LogP contribution in [0, 0.1) is 5.92 Å². The van der Waals surface area contributed by atoms with Gasteiger partial charge in [-0.25, -0.2) is 0 Å². The van der Waals surface area contributed by atoms with Crippen LogP contribution >= 0.6 is 0 Å². The van der Waals surface area contributed by atoms with Gasteiger partial charge in [0, 0.05) is 19.0 Å². The molecule has 1 N–H and O–H groups in total. The largest absolute Gasteiger partial charge is 0.344 e. The molecule has 1 heterocycles. The van der Waals surface area contributed by atoms with Crippen molar-refractivity contribution in [3.05, 3.63) is 0 Å². The van der Waals surface area contributed by atoms with Gasteiger partial charge in [-0.1, -0.05) is 26.2 Å². The van der Waals surface area contributed by atoms with E-state index < -0.39 is 0 Å². The Bertz CT molecular complexity index is 337. The molecule has 4 nitrogen and oxygen atoms in total. The van der Waals surface area contributed by atoms with Crippen LogP contribution in [0.4, 0.5) is 0 Å². The van der Waals surface area contributed by atoms with Crippen LogP contribution in [0.1, 0.15) is 58.8 Å². The van der Waals surface area contributed by atoms with Crippen LogP contribution in [0.2, 0.25) is 0 Å². The third kappa shape index (κ3) is 3.28. The Balaban J connectivity index is 2.08. The molecule has 0 aromatic rings. The highest BCUT2D eigenvalue weighted by atomic mass is 16.2. The summed E-state index contributed by atoms with van der Waals surface area (Å²) in [4.78, 5) is 26.3. The summed E-state index contributed by atoms with van der Waals surface area (Å²) < 4.78 is 0. The normalized spacial score (nSPS) is 27.3. The molecule has 108 valence electrons. The lowest BCUT2D eigenvalue weighted by Crippen LogP contribution is -2.49. The van der Waals surface area contributed by atoms with Crippen molar-refractivity contribution in [1.29, 1.82) is 0 Å². The molecule has 0 spiro atoms. The zero-order valence-corrected chi connectivity index (χ0v) is 12.2. The van der Waals surface area contributed by atoms with E-state index in [1.54, 1.807) is 0 Å². The predicted octanol–water partition coefficient (Wildman–Crippen LogP) is 2.08. The molecule has 2 amide bonds. The van der Waals surface area contributed by atoms with Crippen molar-refractivity contribution < 1.29 is 9.59 Å². The molecule has 1 saturated carbocycles. The fraction of sp³-hybridized carbons (Fsp3) is 0.867. The molecular weight excluding hydrogens is 240 g/mol. The van der Waals surface area contributed by atoms with E-state index in [2.05, 4.69) is 19.2 Å². The van der Waals surface area contributed by atoms with E-state index in [4.69, 9.17) is 0 Å². The highest BCUT2D eigenvalue weighted by Gasteiger charge is 2.35. The fourth-order valence-electron chi connectivity index (χ4n) is 3.44. The summed E-state index contributed by atoms with van der Waals surface area (Å²) in [6.07, 6.45) is 7.14. The minimum atomic E-state index is -0.302. The van der Waals surface area contributed by atoms with Crippen LogP contribution in [-0.2, 0) is 9.59 Å². The second kappa shape index (κ2) is 6.40. The van der Waals surface area contributed by atoms with Gasteiger partial charge < -0.3 is 10.2 Å². The van der Waals surface area contributed by atoms with Gasteiger partial charge in [0.05, 0.1) is 0 Å². The topological polar surface area (TPSA) is 49.4 Å². The average Bonchev–Trinajstić information content (AvgIpc) is 2.87. The molecule has 1 aliphatic heterocycles. The lowest BCUT2D eigenvalue weighted by molar-refractivity contribution is -0.136. The first-order valence-corrected chi connectivity index (χ1v) is 7.73. The second-order valence-electron chi connectivity index (χ2n) is 5.98. The molecule has 0 radical (unpaired) electrons. The van der Waals surface area contributed by atoms with Gasteiger partial charge in [-0.3, -0.25) is 9.59 Å². The van der Waals surface area contributed by atoms with Crippen molar-refractivity contribution in [1.82, 2.24) is 10.2 Å². The number of rotatable bonds is 4. The molecule has 0 bridgehead atoms. The molecule has 2 rings (SSSR count). The Morgan fingerprint density at radius 3 is 2.63 bits per heavy atom. The summed E-state index contributed by atoms with van der Waals surface area (Å²) in [6, 6.07) is -0.0223. The minimum Gasteiger partial charge on any atom is -0.344 e. The highest BCUT2D eigenvalue weighted by molar-refractivity contribution is 5.90. The molecule has 2 aliphatic rings. The van der Waals surface area contributed by atoms with Crippen molar-refractivity contribution in [2.24, 2.45) is 5.92 Å². The van der Waals surface area contributed by atoms with Crippen molar-refractivity contribution in [3.8, 4) is 0 Å². The Kier molecular flexibility index (Phi) is 4.83. The third-order valence-electron chi connectivity index (χ3n) is 4.65. The molecule has 4 heteroatoms. The number of carbonyl (C=O) groups excluding carboxylic acids is 2. The Morgan fingerprint density at radius 2 is 2.00 bits per heavy atom. The zero-order chi connectivity index (χ0) is 13.8. The SMILES string of the molecule is CCCC1NC(=O)CCN(C(C)C2CCCC2)C1=O. The maximum atomic E-state index is 12.6. The fourth-order valence-corrected chi connectivity index (χ4v) is 3.44. The molecule has 0 aromatic heterocycles. The zero-order valence-electron chi connectivity index (χ0n) is 12.2. The van der Waals surface area contributed by atoms with Crippen molar-refractivity contribution in [2.45, 2.75) is 70.9 Å². The maximum absolute atomic E-state index is 12.6. The third-order valence-corrected chi connectivity index (χ3v) is 4.65. The summed E-state index contributed by atoms with van der Waals surface area (Å²) in [5.41, 5.74) is 0. The van der Waals surface area contributed by atoms with E-state index in [1.807, 2.05) is 4.90 Å². The maximum Gasteiger partial charge on any atom is 0.245 e. The standard InChI is InChI=1S/C15H26N2O2/c1-3-6-13-15(19)17(10-9-14(18)16-13)11(2)12-7-4-5-8-12/h11-13H,3-10H2,1-2H3,(H,16,18).